The highest BCUT2D eigenvalue weighted by molar-refractivity contribution is 5.34. The van der Waals surface area contributed by atoms with Gasteiger partial charge in [0.15, 0.2) is 0 Å². The molecule has 0 bridgehead atoms. The minimum Gasteiger partial charge on any atom is -0.397 e. The van der Waals surface area contributed by atoms with Gasteiger partial charge in [0.25, 0.3) is 0 Å². The molecule has 0 aliphatic carbocycles. The van der Waals surface area contributed by atoms with Crippen molar-refractivity contribution >= 4 is 5.69 Å². The Kier molecular flexibility index (Phi) is 4.53. The summed E-state index contributed by atoms with van der Waals surface area (Å²) in [6.45, 7) is 4.12. The molecule has 3 nitrogen and oxygen atoms in total. The number of rotatable bonds is 5. The van der Waals surface area contributed by atoms with Crippen molar-refractivity contribution in [2.75, 3.05) is 19.3 Å². The number of benzene rings is 1. The third-order valence-electron chi connectivity index (χ3n) is 3.30. The van der Waals surface area contributed by atoms with E-state index in [-0.39, 0.29) is 0 Å². The molecule has 100 valence electrons. The van der Waals surface area contributed by atoms with Crippen molar-refractivity contribution in [1.82, 2.24) is 9.88 Å². The normalized spacial score (nSPS) is 10.9. The first-order valence-corrected chi connectivity index (χ1v) is 6.58. The van der Waals surface area contributed by atoms with Crippen LogP contribution in [0.15, 0.2) is 42.6 Å². The maximum absolute atomic E-state index is 5.63. The van der Waals surface area contributed by atoms with Crippen LogP contribution in [-0.2, 0) is 13.0 Å². The quantitative estimate of drug-likeness (QED) is 0.893. The van der Waals surface area contributed by atoms with Gasteiger partial charge in [0.05, 0.1) is 11.9 Å². The summed E-state index contributed by atoms with van der Waals surface area (Å²) in [6, 6.07) is 12.4. The van der Waals surface area contributed by atoms with Crippen LogP contribution in [0.2, 0.25) is 0 Å². The van der Waals surface area contributed by atoms with Crippen LogP contribution in [0, 0.1) is 6.92 Å². The molecule has 2 aromatic rings. The summed E-state index contributed by atoms with van der Waals surface area (Å²) in [4.78, 5) is 6.64. The number of hydrogen-bond acceptors (Lipinski definition) is 3. The summed E-state index contributed by atoms with van der Waals surface area (Å²) in [6.07, 6.45) is 2.67. The van der Waals surface area contributed by atoms with Gasteiger partial charge >= 0.3 is 0 Å². The molecule has 0 radical (unpaired) electrons. The molecule has 2 rings (SSSR count). The fraction of sp³-hybridized carbons (Fsp3) is 0.312. The lowest BCUT2D eigenvalue weighted by Crippen LogP contribution is -2.21. The maximum atomic E-state index is 5.63. The van der Waals surface area contributed by atoms with Crippen molar-refractivity contribution in [1.29, 1.82) is 0 Å². The standard InChI is InChI=1S/C16H21N3/c1-13-5-3-4-6-14(13)12-19(2)10-9-16-8-7-15(17)11-18-16/h3-8,11H,9-10,12,17H2,1-2H3. The van der Waals surface area contributed by atoms with Gasteiger partial charge in [-0.25, -0.2) is 0 Å². The Bertz CT molecular complexity index is 520. The van der Waals surface area contributed by atoms with E-state index in [9.17, 15) is 0 Å². The average Bonchev–Trinajstić information content (AvgIpc) is 2.41. The Hall–Kier alpha value is -1.87. The van der Waals surface area contributed by atoms with Crippen molar-refractivity contribution in [3.8, 4) is 0 Å². The van der Waals surface area contributed by atoms with Gasteiger partial charge in [-0.3, -0.25) is 4.98 Å². The topological polar surface area (TPSA) is 42.1 Å². The lowest BCUT2D eigenvalue weighted by molar-refractivity contribution is 0.329. The van der Waals surface area contributed by atoms with Gasteiger partial charge in [0.1, 0.15) is 0 Å². The highest BCUT2D eigenvalue weighted by Crippen LogP contribution is 2.10. The van der Waals surface area contributed by atoms with Crippen molar-refractivity contribution in [3.63, 3.8) is 0 Å². The summed E-state index contributed by atoms with van der Waals surface area (Å²) in [7, 11) is 2.14. The number of aryl methyl sites for hydroxylation is 1. The molecule has 0 atom stereocenters. The van der Waals surface area contributed by atoms with Crippen LogP contribution in [0.1, 0.15) is 16.8 Å². The van der Waals surface area contributed by atoms with E-state index in [1.807, 2.05) is 12.1 Å². The van der Waals surface area contributed by atoms with E-state index in [2.05, 4.69) is 48.1 Å². The third-order valence-corrected chi connectivity index (χ3v) is 3.30. The fourth-order valence-electron chi connectivity index (χ4n) is 2.05. The van der Waals surface area contributed by atoms with Crippen LogP contribution in [0.3, 0.4) is 0 Å². The molecule has 0 unspecified atom stereocenters. The first kappa shape index (κ1) is 13.6. The summed E-state index contributed by atoms with van der Waals surface area (Å²) >= 11 is 0. The molecular formula is C16H21N3. The molecule has 0 aliphatic rings. The Morgan fingerprint density at radius 3 is 2.63 bits per heavy atom. The summed E-state index contributed by atoms with van der Waals surface area (Å²) < 4.78 is 0. The number of hydrogen-bond donors (Lipinski definition) is 1. The summed E-state index contributed by atoms with van der Waals surface area (Å²) in [5.74, 6) is 0. The van der Waals surface area contributed by atoms with E-state index >= 15 is 0 Å². The minimum absolute atomic E-state index is 0.719. The predicted octanol–water partition coefficient (Wildman–Crippen LogP) is 2.65. The Morgan fingerprint density at radius 2 is 1.95 bits per heavy atom. The summed E-state index contributed by atoms with van der Waals surface area (Å²) in [5, 5.41) is 0. The Balaban J connectivity index is 1.86. The highest BCUT2D eigenvalue weighted by Gasteiger charge is 2.03. The largest absolute Gasteiger partial charge is 0.397 e. The van der Waals surface area contributed by atoms with Crippen LogP contribution >= 0.6 is 0 Å². The smallest absolute Gasteiger partial charge is 0.0501 e. The lowest BCUT2D eigenvalue weighted by Gasteiger charge is -2.17. The van der Waals surface area contributed by atoms with Crippen molar-refractivity contribution < 1.29 is 0 Å². The Morgan fingerprint density at radius 1 is 1.16 bits per heavy atom. The maximum Gasteiger partial charge on any atom is 0.0501 e. The van der Waals surface area contributed by atoms with Gasteiger partial charge in [0, 0.05) is 25.2 Å². The number of nitrogen functional groups attached to an aromatic ring is 1. The predicted molar refractivity (Wildman–Crippen MR) is 79.9 cm³/mol. The molecule has 0 amide bonds. The van der Waals surface area contributed by atoms with Crippen molar-refractivity contribution in [3.05, 3.63) is 59.4 Å². The van der Waals surface area contributed by atoms with E-state index in [1.54, 1.807) is 6.20 Å². The van der Waals surface area contributed by atoms with Crippen LogP contribution in [-0.4, -0.2) is 23.5 Å². The van der Waals surface area contributed by atoms with Crippen molar-refractivity contribution in [2.24, 2.45) is 0 Å². The molecule has 0 saturated heterocycles. The van der Waals surface area contributed by atoms with Crippen LogP contribution in [0.4, 0.5) is 5.69 Å². The van der Waals surface area contributed by atoms with Crippen LogP contribution in [0.5, 0.6) is 0 Å². The highest BCUT2D eigenvalue weighted by atomic mass is 15.1. The van der Waals surface area contributed by atoms with E-state index in [0.717, 1.165) is 30.9 Å². The molecule has 1 aromatic carbocycles. The molecule has 1 aromatic heterocycles. The number of likely N-dealkylation sites (N-methyl/N-ethyl adjacent to an activating group) is 1. The van der Waals surface area contributed by atoms with Gasteiger partial charge < -0.3 is 10.6 Å². The zero-order valence-corrected chi connectivity index (χ0v) is 11.6. The fourth-order valence-corrected chi connectivity index (χ4v) is 2.05. The summed E-state index contributed by atoms with van der Waals surface area (Å²) in [5.41, 5.74) is 10.2. The number of nitrogens with zero attached hydrogens (tertiary/aromatic N) is 2. The molecule has 3 heteroatoms. The second-order valence-electron chi connectivity index (χ2n) is 5.00. The average molecular weight is 255 g/mol. The second-order valence-corrected chi connectivity index (χ2v) is 5.00. The van der Waals surface area contributed by atoms with Gasteiger partial charge in [-0.15, -0.1) is 0 Å². The van der Waals surface area contributed by atoms with Crippen LogP contribution < -0.4 is 5.73 Å². The molecule has 0 saturated carbocycles. The number of aromatic nitrogens is 1. The molecule has 19 heavy (non-hydrogen) atoms. The number of pyridine rings is 1. The molecular weight excluding hydrogens is 234 g/mol. The first-order valence-electron chi connectivity index (χ1n) is 6.58. The zero-order valence-electron chi connectivity index (χ0n) is 11.6. The minimum atomic E-state index is 0.719. The van der Waals surface area contributed by atoms with Gasteiger partial charge in [-0.2, -0.15) is 0 Å². The molecule has 2 N–H and O–H groups in total. The SMILES string of the molecule is Cc1ccccc1CN(C)CCc1ccc(N)cn1. The third kappa shape index (κ3) is 4.07. The monoisotopic (exact) mass is 255 g/mol. The second kappa shape index (κ2) is 6.34. The van der Waals surface area contributed by atoms with Gasteiger partial charge in [0.2, 0.25) is 0 Å². The van der Waals surface area contributed by atoms with Gasteiger partial charge in [-0.05, 0) is 37.2 Å². The van der Waals surface area contributed by atoms with E-state index in [1.165, 1.54) is 11.1 Å². The van der Waals surface area contributed by atoms with Crippen LogP contribution in [0.25, 0.3) is 0 Å². The number of anilines is 1. The first-order chi connectivity index (χ1) is 9.15. The van der Waals surface area contributed by atoms with E-state index in [4.69, 9.17) is 5.73 Å². The molecule has 0 spiro atoms. The van der Waals surface area contributed by atoms with Crippen molar-refractivity contribution in [2.45, 2.75) is 19.9 Å². The molecule has 1 heterocycles. The zero-order chi connectivity index (χ0) is 13.7. The number of nitrogens with two attached hydrogens (primary N) is 1. The molecule has 0 aliphatic heterocycles. The van der Waals surface area contributed by atoms with Gasteiger partial charge in [-0.1, -0.05) is 24.3 Å². The molecule has 0 fully saturated rings. The lowest BCUT2D eigenvalue weighted by atomic mass is 10.1. The van der Waals surface area contributed by atoms with E-state index in [0.29, 0.717) is 0 Å². The van der Waals surface area contributed by atoms with E-state index < -0.39 is 0 Å². The Labute approximate surface area is 115 Å².